The maximum absolute atomic E-state index is 11.2. The van der Waals surface area contributed by atoms with E-state index in [4.69, 9.17) is 0 Å². The molecule has 3 heterocycles. The van der Waals surface area contributed by atoms with Gasteiger partial charge in [-0.2, -0.15) is 5.10 Å². The lowest BCUT2D eigenvalue weighted by atomic mass is 10.2. The largest absolute Gasteiger partial charge is 0.480 e. The Balaban J connectivity index is 1.87. The van der Waals surface area contributed by atoms with Crippen molar-refractivity contribution in [1.29, 1.82) is 0 Å². The van der Waals surface area contributed by atoms with E-state index < -0.39 is 12.0 Å². The minimum Gasteiger partial charge on any atom is -0.480 e. The zero-order chi connectivity index (χ0) is 15.0. The standard InChI is InChI=1S/C14H17N5O2/c1-9-8-10(2)19(17-9)13-6-5-12(15-16-13)18-7-3-4-11(18)14(20)21/h5-6,8,11H,3-4,7H2,1-2H3,(H,20,21)/t11-/m1/s1. The molecule has 110 valence electrons. The first-order chi connectivity index (χ1) is 10.1. The Hall–Kier alpha value is -2.44. The van der Waals surface area contributed by atoms with Gasteiger partial charge in [0.25, 0.3) is 0 Å². The van der Waals surface area contributed by atoms with Gasteiger partial charge in [-0.3, -0.25) is 0 Å². The van der Waals surface area contributed by atoms with Crippen LogP contribution in [0.1, 0.15) is 24.2 Å². The zero-order valence-electron chi connectivity index (χ0n) is 12.0. The second kappa shape index (κ2) is 5.16. The number of hydrogen-bond acceptors (Lipinski definition) is 5. The molecule has 1 atom stereocenters. The van der Waals surface area contributed by atoms with E-state index in [0.29, 0.717) is 24.6 Å². The molecule has 0 bridgehead atoms. The summed E-state index contributed by atoms with van der Waals surface area (Å²) in [6.45, 7) is 4.58. The van der Waals surface area contributed by atoms with Crippen LogP contribution in [-0.2, 0) is 4.79 Å². The molecule has 0 amide bonds. The number of hydrogen-bond donors (Lipinski definition) is 1. The fourth-order valence-corrected chi connectivity index (χ4v) is 2.74. The minimum absolute atomic E-state index is 0.501. The van der Waals surface area contributed by atoms with Gasteiger partial charge in [-0.05, 0) is 44.9 Å². The van der Waals surface area contributed by atoms with Crippen LogP contribution in [0.15, 0.2) is 18.2 Å². The molecule has 0 saturated carbocycles. The van der Waals surface area contributed by atoms with Gasteiger partial charge in [0.1, 0.15) is 6.04 Å². The molecule has 0 aromatic carbocycles. The summed E-state index contributed by atoms with van der Waals surface area (Å²) in [7, 11) is 0. The van der Waals surface area contributed by atoms with E-state index in [-0.39, 0.29) is 0 Å². The summed E-state index contributed by atoms with van der Waals surface area (Å²) in [5, 5.41) is 21.9. The van der Waals surface area contributed by atoms with Crippen molar-refractivity contribution in [2.24, 2.45) is 0 Å². The summed E-state index contributed by atoms with van der Waals surface area (Å²) in [4.78, 5) is 13.0. The fourth-order valence-electron chi connectivity index (χ4n) is 2.74. The Bertz CT molecular complexity index is 665. The average Bonchev–Trinajstić information content (AvgIpc) is 3.05. The number of anilines is 1. The highest BCUT2D eigenvalue weighted by molar-refractivity contribution is 5.78. The van der Waals surface area contributed by atoms with Crippen LogP contribution in [-0.4, -0.2) is 43.6 Å². The van der Waals surface area contributed by atoms with Crippen molar-refractivity contribution < 1.29 is 9.90 Å². The number of rotatable bonds is 3. The molecule has 0 unspecified atom stereocenters. The van der Waals surface area contributed by atoms with E-state index in [1.54, 1.807) is 15.6 Å². The third-order valence-corrected chi connectivity index (χ3v) is 3.70. The lowest BCUT2D eigenvalue weighted by Crippen LogP contribution is -2.36. The Labute approximate surface area is 122 Å². The molecule has 2 aromatic heterocycles. The normalized spacial score (nSPS) is 18.2. The quantitative estimate of drug-likeness (QED) is 0.917. The van der Waals surface area contributed by atoms with Crippen molar-refractivity contribution >= 4 is 11.8 Å². The SMILES string of the molecule is Cc1cc(C)n(-c2ccc(N3CCC[C@@H]3C(=O)O)nn2)n1. The first-order valence-corrected chi connectivity index (χ1v) is 6.93. The number of aryl methyl sites for hydroxylation is 2. The van der Waals surface area contributed by atoms with Gasteiger partial charge in [-0.1, -0.05) is 0 Å². The van der Waals surface area contributed by atoms with Crippen molar-refractivity contribution in [3.8, 4) is 5.82 Å². The van der Waals surface area contributed by atoms with Gasteiger partial charge >= 0.3 is 5.97 Å². The molecule has 21 heavy (non-hydrogen) atoms. The van der Waals surface area contributed by atoms with Crippen LogP contribution in [0.2, 0.25) is 0 Å². The summed E-state index contributed by atoms with van der Waals surface area (Å²) in [6.07, 6.45) is 1.51. The van der Waals surface area contributed by atoms with Crippen molar-refractivity contribution in [2.45, 2.75) is 32.7 Å². The zero-order valence-corrected chi connectivity index (χ0v) is 12.0. The van der Waals surface area contributed by atoms with E-state index in [9.17, 15) is 9.90 Å². The molecule has 7 nitrogen and oxygen atoms in total. The molecule has 0 radical (unpaired) electrons. The molecule has 1 aliphatic rings. The molecule has 1 N–H and O–H groups in total. The maximum Gasteiger partial charge on any atom is 0.326 e. The van der Waals surface area contributed by atoms with Crippen molar-refractivity contribution in [3.05, 3.63) is 29.6 Å². The summed E-state index contributed by atoms with van der Waals surface area (Å²) < 4.78 is 1.73. The summed E-state index contributed by atoms with van der Waals surface area (Å²) in [6, 6.07) is 5.09. The Morgan fingerprint density at radius 2 is 2.00 bits per heavy atom. The highest BCUT2D eigenvalue weighted by Gasteiger charge is 2.31. The summed E-state index contributed by atoms with van der Waals surface area (Å²) >= 11 is 0. The number of nitrogens with zero attached hydrogens (tertiary/aromatic N) is 5. The fraction of sp³-hybridized carbons (Fsp3) is 0.429. The minimum atomic E-state index is -0.808. The molecule has 0 aliphatic carbocycles. The van der Waals surface area contributed by atoms with Crippen molar-refractivity contribution in [2.75, 3.05) is 11.4 Å². The average molecular weight is 287 g/mol. The second-order valence-electron chi connectivity index (χ2n) is 5.28. The van der Waals surface area contributed by atoms with Gasteiger partial charge in [-0.25, -0.2) is 9.48 Å². The topological polar surface area (TPSA) is 84.1 Å². The smallest absolute Gasteiger partial charge is 0.326 e. The van der Waals surface area contributed by atoms with Crippen LogP contribution in [0.5, 0.6) is 0 Å². The Morgan fingerprint density at radius 1 is 1.29 bits per heavy atom. The van der Waals surface area contributed by atoms with Crippen LogP contribution in [0.4, 0.5) is 5.82 Å². The predicted octanol–water partition coefficient (Wildman–Crippen LogP) is 1.33. The number of aromatic nitrogens is 4. The number of carboxylic acid groups (broad SMARTS) is 1. The molecule has 2 aromatic rings. The monoisotopic (exact) mass is 287 g/mol. The number of carbonyl (C=O) groups is 1. The molecule has 1 saturated heterocycles. The number of carboxylic acids is 1. The van der Waals surface area contributed by atoms with E-state index in [2.05, 4.69) is 15.3 Å². The predicted molar refractivity (Wildman–Crippen MR) is 76.6 cm³/mol. The molecule has 3 rings (SSSR count). The van der Waals surface area contributed by atoms with E-state index in [0.717, 1.165) is 17.8 Å². The van der Waals surface area contributed by atoms with Crippen LogP contribution in [0, 0.1) is 13.8 Å². The van der Waals surface area contributed by atoms with Gasteiger partial charge in [0.05, 0.1) is 5.69 Å². The summed E-state index contributed by atoms with van der Waals surface area (Å²) in [5.74, 6) is 0.428. The van der Waals surface area contributed by atoms with E-state index >= 15 is 0 Å². The molecule has 1 fully saturated rings. The van der Waals surface area contributed by atoms with Crippen LogP contribution < -0.4 is 4.90 Å². The third kappa shape index (κ3) is 2.46. The summed E-state index contributed by atoms with van der Waals surface area (Å²) in [5.41, 5.74) is 1.91. The van der Waals surface area contributed by atoms with Gasteiger partial charge in [-0.15, -0.1) is 10.2 Å². The second-order valence-corrected chi connectivity index (χ2v) is 5.28. The van der Waals surface area contributed by atoms with Crippen LogP contribution in [0.3, 0.4) is 0 Å². The Morgan fingerprint density at radius 3 is 2.57 bits per heavy atom. The van der Waals surface area contributed by atoms with E-state index in [1.165, 1.54) is 0 Å². The maximum atomic E-state index is 11.2. The lowest BCUT2D eigenvalue weighted by molar-refractivity contribution is -0.138. The highest BCUT2D eigenvalue weighted by Crippen LogP contribution is 2.24. The molecular formula is C14H17N5O2. The molecule has 1 aliphatic heterocycles. The highest BCUT2D eigenvalue weighted by atomic mass is 16.4. The Kier molecular flexibility index (Phi) is 3.32. The number of aliphatic carboxylic acids is 1. The van der Waals surface area contributed by atoms with Gasteiger partial charge < -0.3 is 10.0 Å². The first-order valence-electron chi connectivity index (χ1n) is 6.93. The van der Waals surface area contributed by atoms with Gasteiger partial charge in [0.2, 0.25) is 0 Å². The van der Waals surface area contributed by atoms with Gasteiger partial charge in [0, 0.05) is 12.2 Å². The van der Waals surface area contributed by atoms with Crippen LogP contribution >= 0.6 is 0 Å². The third-order valence-electron chi connectivity index (χ3n) is 3.70. The molecular weight excluding hydrogens is 270 g/mol. The van der Waals surface area contributed by atoms with Crippen molar-refractivity contribution in [3.63, 3.8) is 0 Å². The first kappa shape index (κ1) is 13.5. The van der Waals surface area contributed by atoms with Gasteiger partial charge in [0.15, 0.2) is 11.6 Å². The molecule has 0 spiro atoms. The van der Waals surface area contributed by atoms with E-state index in [1.807, 2.05) is 26.0 Å². The van der Waals surface area contributed by atoms with Crippen LogP contribution in [0.25, 0.3) is 5.82 Å². The molecule has 7 heteroatoms. The lowest BCUT2D eigenvalue weighted by Gasteiger charge is -2.21. The van der Waals surface area contributed by atoms with Crippen molar-refractivity contribution in [1.82, 2.24) is 20.0 Å².